The number of hydrogen-bond donors (Lipinski definition) is 1. The molecule has 3 aromatic rings. The minimum Gasteiger partial charge on any atom is -0.352 e. The van der Waals surface area contributed by atoms with Crippen molar-refractivity contribution in [2.75, 3.05) is 10.8 Å². The van der Waals surface area contributed by atoms with Crippen LogP contribution >= 0.6 is 11.6 Å². The molecule has 0 aromatic heterocycles. The largest absolute Gasteiger partial charge is 0.352 e. The number of carbonyl (C=O) groups excluding carboxylic acids is 2. The quantitative estimate of drug-likeness (QED) is 0.331. The first-order valence-electron chi connectivity index (χ1n) is 12.9. The summed E-state index contributed by atoms with van der Waals surface area (Å²) >= 11 is 6.08. The topological polar surface area (TPSA) is 86.8 Å². The normalized spacial score (nSPS) is 12.2. The predicted octanol–water partition coefficient (Wildman–Crippen LogP) is 5.48. The maximum Gasteiger partial charge on any atom is 0.264 e. The molecule has 9 heteroatoms. The molecule has 39 heavy (non-hydrogen) atoms. The van der Waals surface area contributed by atoms with Crippen molar-refractivity contribution in [2.45, 2.75) is 64.6 Å². The van der Waals surface area contributed by atoms with Crippen LogP contribution in [0.3, 0.4) is 0 Å². The summed E-state index contributed by atoms with van der Waals surface area (Å²) < 4.78 is 28.8. The zero-order chi connectivity index (χ0) is 28.7. The second-order valence-corrected chi connectivity index (χ2v) is 12.1. The van der Waals surface area contributed by atoms with Gasteiger partial charge in [-0.1, -0.05) is 60.5 Å². The Bertz CT molecular complexity index is 1390. The van der Waals surface area contributed by atoms with Gasteiger partial charge in [-0.25, -0.2) is 8.42 Å². The van der Waals surface area contributed by atoms with Crippen LogP contribution in [0.4, 0.5) is 5.69 Å². The van der Waals surface area contributed by atoms with Crippen molar-refractivity contribution >= 4 is 39.1 Å². The molecule has 0 fully saturated rings. The van der Waals surface area contributed by atoms with Crippen LogP contribution in [0, 0.1) is 13.8 Å². The van der Waals surface area contributed by atoms with Crippen molar-refractivity contribution in [1.82, 2.24) is 10.2 Å². The summed E-state index contributed by atoms with van der Waals surface area (Å²) in [4.78, 5) is 28.8. The lowest BCUT2D eigenvalue weighted by atomic mass is 10.1. The third kappa shape index (κ3) is 7.61. The van der Waals surface area contributed by atoms with Gasteiger partial charge in [0.05, 0.1) is 10.6 Å². The fourth-order valence-corrected chi connectivity index (χ4v) is 5.78. The molecule has 0 bridgehead atoms. The van der Waals surface area contributed by atoms with Crippen LogP contribution in [0.1, 0.15) is 43.9 Å². The third-order valence-corrected chi connectivity index (χ3v) is 8.46. The van der Waals surface area contributed by atoms with Crippen LogP contribution in [-0.2, 0) is 26.2 Å². The highest BCUT2D eigenvalue weighted by molar-refractivity contribution is 7.92. The molecule has 7 nitrogen and oxygen atoms in total. The average Bonchev–Trinajstić information content (AvgIpc) is 2.88. The Kier molecular flexibility index (Phi) is 10.2. The number of carbonyl (C=O) groups is 2. The van der Waals surface area contributed by atoms with Crippen molar-refractivity contribution in [1.29, 1.82) is 0 Å². The zero-order valence-electron chi connectivity index (χ0n) is 23.0. The number of rotatable bonds is 11. The SMILES string of the molecule is CCC(C(=O)NC(C)C)N(Cc1ccccc1C)C(=O)CN(c1ccc(Cl)cc1)S(=O)(=O)c1ccc(C)cc1. The average molecular weight is 570 g/mol. The van der Waals surface area contributed by atoms with Crippen LogP contribution in [0.25, 0.3) is 0 Å². The van der Waals surface area contributed by atoms with Gasteiger partial charge in [-0.15, -0.1) is 0 Å². The maximum absolute atomic E-state index is 14.0. The van der Waals surface area contributed by atoms with E-state index in [1.807, 2.05) is 58.9 Å². The Morgan fingerprint density at radius 3 is 2.10 bits per heavy atom. The molecule has 1 N–H and O–H groups in total. The summed E-state index contributed by atoms with van der Waals surface area (Å²) in [5.74, 6) is -0.775. The zero-order valence-corrected chi connectivity index (χ0v) is 24.6. The van der Waals surface area contributed by atoms with Gasteiger partial charge >= 0.3 is 0 Å². The summed E-state index contributed by atoms with van der Waals surface area (Å²) in [5, 5.41) is 3.34. The Hall–Kier alpha value is -3.36. The number of nitrogens with one attached hydrogen (secondary N) is 1. The van der Waals surface area contributed by atoms with Crippen molar-refractivity contribution in [2.24, 2.45) is 0 Å². The van der Waals surface area contributed by atoms with E-state index >= 15 is 0 Å². The lowest BCUT2D eigenvalue weighted by molar-refractivity contribution is -0.140. The van der Waals surface area contributed by atoms with E-state index in [1.165, 1.54) is 17.0 Å². The van der Waals surface area contributed by atoms with Gasteiger partial charge in [0.25, 0.3) is 10.0 Å². The number of halogens is 1. The van der Waals surface area contributed by atoms with Crippen molar-refractivity contribution in [3.05, 3.63) is 94.5 Å². The Morgan fingerprint density at radius 1 is 0.923 bits per heavy atom. The molecule has 3 aromatic carbocycles. The molecule has 208 valence electrons. The molecule has 1 atom stereocenters. The van der Waals surface area contributed by atoms with Gasteiger partial charge in [-0.2, -0.15) is 0 Å². The van der Waals surface area contributed by atoms with Crippen LogP contribution < -0.4 is 9.62 Å². The number of nitrogens with zero attached hydrogens (tertiary/aromatic N) is 2. The fourth-order valence-electron chi connectivity index (χ4n) is 4.24. The molecule has 2 amide bonds. The number of sulfonamides is 1. The Morgan fingerprint density at radius 2 is 1.54 bits per heavy atom. The van der Waals surface area contributed by atoms with Crippen LogP contribution in [0.2, 0.25) is 5.02 Å². The van der Waals surface area contributed by atoms with E-state index < -0.39 is 28.5 Å². The van der Waals surface area contributed by atoms with Gasteiger partial charge in [-0.05, 0) is 81.6 Å². The van der Waals surface area contributed by atoms with Gasteiger partial charge in [-0.3, -0.25) is 13.9 Å². The van der Waals surface area contributed by atoms with Crippen LogP contribution in [0.5, 0.6) is 0 Å². The summed E-state index contributed by atoms with van der Waals surface area (Å²) in [6.07, 6.45) is 0.363. The highest BCUT2D eigenvalue weighted by atomic mass is 35.5. The van der Waals surface area contributed by atoms with E-state index in [4.69, 9.17) is 11.6 Å². The van der Waals surface area contributed by atoms with Crippen molar-refractivity contribution < 1.29 is 18.0 Å². The number of benzene rings is 3. The summed E-state index contributed by atoms with van der Waals surface area (Å²) in [6, 6.07) is 19.5. The van der Waals surface area contributed by atoms with Gasteiger partial charge in [0, 0.05) is 17.6 Å². The van der Waals surface area contributed by atoms with Gasteiger partial charge in [0.2, 0.25) is 11.8 Å². The molecule has 0 saturated heterocycles. The Balaban J connectivity index is 2.07. The minimum atomic E-state index is -4.12. The molecule has 0 aliphatic rings. The number of amides is 2. The maximum atomic E-state index is 14.0. The van der Waals surface area contributed by atoms with Gasteiger partial charge in [0.15, 0.2) is 0 Å². The van der Waals surface area contributed by atoms with Gasteiger partial charge < -0.3 is 10.2 Å². The molecule has 0 heterocycles. The second-order valence-electron chi connectivity index (χ2n) is 9.84. The number of hydrogen-bond acceptors (Lipinski definition) is 4. The van der Waals surface area contributed by atoms with E-state index in [9.17, 15) is 18.0 Å². The number of aryl methyl sites for hydroxylation is 2. The standard InChI is InChI=1S/C30H36ClN3O4S/c1-6-28(30(36)32-21(2)3)33(19-24-10-8-7-9-23(24)5)29(35)20-34(26-15-13-25(31)14-16-26)39(37,38)27-17-11-22(4)12-18-27/h7-18,21,28H,6,19-20H2,1-5H3,(H,32,36). The van der Waals surface area contributed by atoms with Crippen molar-refractivity contribution in [3.8, 4) is 0 Å². The summed E-state index contributed by atoms with van der Waals surface area (Å²) in [7, 11) is -4.12. The molecule has 0 radical (unpaired) electrons. The molecule has 0 aliphatic carbocycles. The highest BCUT2D eigenvalue weighted by Crippen LogP contribution is 2.26. The lowest BCUT2D eigenvalue weighted by Crippen LogP contribution is -2.53. The van der Waals surface area contributed by atoms with Crippen LogP contribution in [0.15, 0.2) is 77.7 Å². The molecule has 1 unspecified atom stereocenters. The fraction of sp³-hybridized carbons (Fsp3) is 0.333. The first-order chi connectivity index (χ1) is 18.4. The third-order valence-electron chi connectivity index (χ3n) is 6.42. The van der Waals surface area contributed by atoms with Gasteiger partial charge in [0.1, 0.15) is 12.6 Å². The molecule has 0 aliphatic heterocycles. The van der Waals surface area contributed by atoms with E-state index in [-0.39, 0.29) is 23.4 Å². The van der Waals surface area contributed by atoms with Crippen molar-refractivity contribution in [3.63, 3.8) is 0 Å². The molecule has 3 rings (SSSR count). The molecular weight excluding hydrogens is 534 g/mol. The first-order valence-corrected chi connectivity index (χ1v) is 14.7. The van der Waals surface area contributed by atoms with Crippen LogP contribution in [-0.4, -0.2) is 43.8 Å². The number of anilines is 1. The lowest BCUT2D eigenvalue weighted by Gasteiger charge is -2.34. The summed E-state index contributed by atoms with van der Waals surface area (Å²) in [6.45, 7) is 9.03. The second kappa shape index (κ2) is 13.1. The van der Waals surface area contributed by atoms with E-state index in [0.29, 0.717) is 17.1 Å². The highest BCUT2D eigenvalue weighted by Gasteiger charge is 2.34. The minimum absolute atomic E-state index is 0.0610. The smallest absolute Gasteiger partial charge is 0.264 e. The van der Waals surface area contributed by atoms with E-state index in [1.54, 1.807) is 36.4 Å². The monoisotopic (exact) mass is 569 g/mol. The molecule has 0 spiro atoms. The summed E-state index contributed by atoms with van der Waals surface area (Å²) in [5.41, 5.74) is 3.05. The molecular formula is C30H36ClN3O4S. The van der Waals surface area contributed by atoms with E-state index in [2.05, 4.69) is 5.32 Å². The predicted molar refractivity (Wildman–Crippen MR) is 156 cm³/mol. The first kappa shape index (κ1) is 30.2. The Labute approximate surface area is 236 Å². The van der Waals surface area contributed by atoms with E-state index in [0.717, 1.165) is 21.0 Å². The molecule has 0 saturated carbocycles.